The Morgan fingerprint density at radius 1 is 1.41 bits per heavy atom. The van der Waals surface area contributed by atoms with Gasteiger partial charge in [-0.2, -0.15) is 0 Å². The van der Waals surface area contributed by atoms with Crippen LogP contribution in [-0.2, 0) is 21.1 Å². The van der Waals surface area contributed by atoms with Gasteiger partial charge in [-0.05, 0) is 30.3 Å². The zero-order chi connectivity index (χ0) is 15.8. The molecule has 2 aromatic rings. The minimum atomic E-state index is -0.370. The number of nitrogens with two attached hydrogens (primary N) is 1. The van der Waals surface area contributed by atoms with Gasteiger partial charge in [-0.3, -0.25) is 4.79 Å². The van der Waals surface area contributed by atoms with Crippen LogP contribution in [0, 0.1) is 0 Å². The third kappa shape index (κ3) is 5.61. The number of rotatable bonds is 3. The summed E-state index contributed by atoms with van der Waals surface area (Å²) in [5.41, 5.74) is 7.53. The first kappa shape index (κ1) is 20.9. The molecule has 0 saturated heterocycles. The van der Waals surface area contributed by atoms with Crippen molar-refractivity contribution in [2.24, 2.45) is 0 Å². The Bertz CT molecular complexity index is 639. The number of nitrogens with one attached hydrogen (secondary N) is 1. The summed E-state index contributed by atoms with van der Waals surface area (Å²) in [5, 5.41) is 8.77. The molecule has 10 heteroatoms. The average Bonchev–Trinajstić information content (AvgIpc) is 2.51. The second-order valence-electron chi connectivity index (χ2n) is 3.76. The minimum absolute atomic E-state index is 0. The maximum atomic E-state index is 12.0. The number of amides is 1. The Kier molecular flexibility index (Phi) is 10.1. The number of thiol groups is 1. The van der Waals surface area contributed by atoms with E-state index in [0.717, 1.165) is 5.46 Å². The summed E-state index contributed by atoms with van der Waals surface area (Å²) in [6, 6.07) is 8.38. The van der Waals surface area contributed by atoms with E-state index in [-0.39, 0.29) is 32.7 Å². The van der Waals surface area contributed by atoms with Crippen LogP contribution in [0.5, 0.6) is 0 Å². The molecule has 0 saturated carbocycles. The predicted octanol–water partition coefficient (Wildman–Crippen LogP) is 1.60. The van der Waals surface area contributed by atoms with Crippen LogP contribution < -0.4 is 16.5 Å². The molecule has 5 nitrogen and oxygen atoms in total. The zero-order valence-electron chi connectivity index (χ0n) is 11.0. The zero-order valence-corrected chi connectivity index (χ0v) is 15.6. The van der Waals surface area contributed by atoms with Crippen LogP contribution >= 0.6 is 24.1 Å². The van der Waals surface area contributed by atoms with Crippen LogP contribution in [0.3, 0.4) is 0 Å². The van der Waals surface area contributed by atoms with E-state index in [2.05, 4.69) is 22.8 Å². The molecule has 0 spiro atoms. The quantitative estimate of drug-likeness (QED) is 0.373. The molecule has 0 aliphatic heterocycles. The first-order valence-corrected chi connectivity index (χ1v) is 6.47. The second-order valence-corrected chi connectivity index (χ2v) is 4.43. The van der Waals surface area contributed by atoms with Crippen LogP contribution in [0.25, 0.3) is 0 Å². The van der Waals surface area contributed by atoms with E-state index in [9.17, 15) is 4.79 Å². The van der Waals surface area contributed by atoms with Gasteiger partial charge in [-0.25, -0.2) is 22.8 Å². The Morgan fingerprint density at radius 2 is 2.09 bits per heavy atom. The van der Waals surface area contributed by atoms with Gasteiger partial charge < -0.3 is 11.1 Å². The minimum Gasteiger partial charge on any atom is -0.397 e. The standard InChI is InChI=1S/C12H10BClN3OS.FHO.W/c14-9-4-3-7(6-8(9)13-19)17-12(18)11-10(15)2-1-5-16-11;1-2;/h1-6,19H,15H2,(H,17,18);2H;. The number of nitrogen functional groups attached to an aromatic ring is 1. The van der Waals surface area contributed by atoms with E-state index in [4.69, 9.17) is 27.2 Å². The number of benzene rings is 1. The molecule has 0 unspecified atom stereocenters. The fourth-order valence-electron chi connectivity index (χ4n) is 1.52. The van der Waals surface area contributed by atoms with E-state index < -0.39 is 0 Å². The fourth-order valence-corrected chi connectivity index (χ4v) is 1.98. The van der Waals surface area contributed by atoms with Gasteiger partial charge in [0.1, 0.15) is 0 Å². The van der Waals surface area contributed by atoms with Crippen molar-refractivity contribution in [3.8, 4) is 0 Å². The SMILES string of the molecule is Nc1cccnc1C(=O)Nc1ccc(Cl)c([B]S)c1.OF.[W]. The summed E-state index contributed by atoms with van der Waals surface area (Å²) in [4.78, 5) is 16.0. The van der Waals surface area contributed by atoms with E-state index in [1.807, 2.05) is 0 Å². The first-order chi connectivity index (χ1) is 10.1. The normalized spacial score (nSPS) is 8.91. The number of nitrogens with zero attached hydrogens (tertiary/aromatic N) is 1. The Morgan fingerprint density at radius 3 is 2.68 bits per heavy atom. The first-order valence-electron chi connectivity index (χ1n) is 5.57. The molecule has 1 amide bonds. The summed E-state index contributed by atoms with van der Waals surface area (Å²) < 4.78 is 8.50. The summed E-state index contributed by atoms with van der Waals surface area (Å²) in [7, 11) is 0. The van der Waals surface area contributed by atoms with Crippen molar-refractivity contribution in [1.82, 2.24) is 4.98 Å². The monoisotopic (exact) mass is 510 g/mol. The fraction of sp³-hybridized carbons (Fsp3) is 0. The second kappa shape index (κ2) is 10.6. The van der Waals surface area contributed by atoms with Crippen LogP contribution in [-0.4, -0.2) is 22.8 Å². The Labute approximate surface area is 152 Å². The molecule has 0 atom stereocenters. The summed E-state index contributed by atoms with van der Waals surface area (Å²) in [6.45, 7) is 1.56. The molecule has 0 bridgehead atoms. The number of pyridine rings is 1. The van der Waals surface area contributed by atoms with Crippen molar-refractivity contribution in [2.45, 2.75) is 0 Å². The molecule has 0 aliphatic rings. The molecule has 2 rings (SSSR count). The van der Waals surface area contributed by atoms with Gasteiger partial charge >= 0.3 is 0 Å². The molecule has 0 aliphatic carbocycles. The van der Waals surface area contributed by atoms with Crippen molar-refractivity contribution < 1.29 is 35.7 Å². The molecule has 0 fully saturated rings. The largest absolute Gasteiger partial charge is 0.397 e. The summed E-state index contributed by atoms with van der Waals surface area (Å²) >= 11 is 10.00. The number of carbonyl (C=O) groups excluding carboxylic acids is 1. The van der Waals surface area contributed by atoms with Gasteiger partial charge in [-0.1, -0.05) is 21.6 Å². The predicted molar refractivity (Wildman–Crippen MR) is 85.8 cm³/mol. The molecule has 1 aromatic heterocycles. The van der Waals surface area contributed by atoms with Gasteiger partial charge in [0, 0.05) is 38.0 Å². The molecule has 115 valence electrons. The van der Waals surface area contributed by atoms with Crippen molar-refractivity contribution in [2.75, 3.05) is 11.1 Å². The number of carbonyl (C=O) groups is 1. The Balaban J connectivity index is 0.00000141. The van der Waals surface area contributed by atoms with Gasteiger partial charge in [0.15, 0.2) is 5.69 Å². The smallest absolute Gasteiger partial charge is 0.276 e. The molecule has 22 heavy (non-hydrogen) atoms. The number of anilines is 2. The van der Waals surface area contributed by atoms with Crippen molar-refractivity contribution in [3.05, 3.63) is 47.2 Å². The van der Waals surface area contributed by atoms with Crippen molar-refractivity contribution >= 4 is 53.4 Å². The van der Waals surface area contributed by atoms with Crippen LogP contribution in [0.1, 0.15) is 10.5 Å². The maximum Gasteiger partial charge on any atom is 0.276 e. The van der Waals surface area contributed by atoms with E-state index in [0.29, 0.717) is 16.4 Å². The summed E-state index contributed by atoms with van der Waals surface area (Å²) in [5.74, 6) is -0.370. The third-order valence-corrected chi connectivity index (χ3v) is 3.07. The van der Waals surface area contributed by atoms with Gasteiger partial charge in [0.05, 0.1) is 5.69 Å². The van der Waals surface area contributed by atoms with Crippen LogP contribution in [0.4, 0.5) is 15.9 Å². The molecular formula is C12H11BClFN3O2SW. The average molecular weight is 510 g/mol. The number of hydrogen-bond acceptors (Lipinski definition) is 5. The maximum absolute atomic E-state index is 12.0. The molecule has 1 heterocycles. The molecule has 1 aromatic carbocycles. The summed E-state index contributed by atoms with van der Waals surface area (Å²) in [6.07, 6.45) is 1.51. The van der Waals surface area contributed by atoms with E-state index in [1.165, 1.54) is 6.20 Å². The molecule has 4 N–H and O–H groups in total. The number of hydrogen-bond donors (Lipinski definition) is 4. The van der Waals surface area contributed by atoms with Crippen LogP contribution in [0.15, 0.2) is 36.5 Å². The van der Waals surface area contributed by atoms with Gasteiger partial charge in [-0.15, -0.1) is 0 Å². The van der Waals surface area contributed by atoms with Crippen LogP contribution in [0.2, 0.25) is 5.02 Å². The van der Waals surface area contributed by atoms with E-state index in [1.54, 1.807) is 36.9 Å². The van der Waals surface area contributed by atoms with Gasteiger partial charge in [0.2, 0.25) is 6.56 Å². The van der Waals surface area contributed by atoms with Crippen molar-refractivity contribution in [1.29, 1.82) is 0 Å². The topological polar surface area (TPSA) is 88.2 Å². The molecule has 1 radical (unpaired) electrons. The van der Waals surface area contributed by atoms with Gasteiger partial charge in [0.25, 0.3) is 5.91 Å². The third-order valence-electron chi connectivity index (χ3n) is 2.45. The molecular weight excluding hydrogens is 499 g/mol. The van der Waals surface area contributed by atoms with E-state index >= 15 is 0 Å². The number of halogens is 2. The number of aromatic nitrogens is 1. The Hall–Kier alpha value is -1.08. The van der Waals surface area contributed by atoms with Crippen molar-refractivity contribution in [3.63, 3.8) is 0 Å².